The van der Waals surface area contributed by atoms with Gasteiger partial charge in [-0.25, -0.2) is 0 Å². The highest BCUT2D eigenvalue weighted by atomic mass is 79.9. The minimum Gasteiger partial charge on any atom is -0.315 e. The molecule has 0 rings (SSSR count). The lowest BCUT2D eigenvalue weighted by molar-refractivity contribution is -0.915. The van der Waals surface area contributed by atoms with Crippen molar-refractivity contribution in [3.8, 4) is 0 Å². The molecule has 18 heavy (non-hydrogen) atoms. The topological polar surface area (TPSA) is 0 Å². The molecule has 0 heterocycles. The maximum absolute atomic E-state index is 3.80. The van der Waals surface area contributed by atoms with Crippen molar-refractivity contribution in [1.29, 1.82) is 0 Å². The predicted octanol–water partition coefficient (Wildman–Crippen LogP) is 5.73. The van der Waals surface area contributed by atoms with Crippen molar-refractivity contribution in [1.82, 2.24) is 0 Å². The molecular weight excluding hydrogens is 286 g/mol. The third-order valence-electron chi connectivity index (χ3n) is 3.96. The lowest BCUT2D eigenvalue weighted by Gasteiger charge is -2.37. The summed E-state index contributed by atoms with van der Waals surface area (Å²) in [6.45, 7) is 11.1. The normalized spacial score (nSPS) is 12.0. The number of unbranched alkanes of at least 4 members (excludes halogenated alkanes) is 6. The van der Waals surface area contributed by atoms with Crippen molar-refractivity contribution in [3.05, 3.63) is 0 Å². The van der Waals surface area contributed by atoms with Gasteiger partial charge in [0.25, 0.3) is 0 Å². The highest BCUT2D eigenvalue weighted by Gasteiger charge is 2.24. The molecule has 0 bridgehead atoms. The van der Waals surface area contributed by atoms with Gasteiger partial charge in [0.15, 0.2) is 0 Å². The van der Waals surface area contributed by atoms with Gasteiger partial charge < -0.3 is 4.48 Å². The fourth-order valence-corrected chi connectivity index (χ4v) is 3.36. The van der Waals surface area contributed by atoms with Crippen molar-refractivity contribution >= 4 is 15.9 Å². The van der Waals surface area contributed by atoms with Crippen LogP contribution < -0.4 is 0 Å². The highest BCUT2D eigenvalue weighted by molar-refractivity contribution is 9.09. The highest BCUT2D eigenvalue weighted by Crippen LogP contribution is 2.18. The molecule has 0 atom stereocenters. The Labute approximate surface area is 124 Å². The SMILES string of the molecule is CCCCC[N+](CBr)(CCCCC)CCCCC. The number of alkyl halides is 1. The monoisotopic (exact) mass is 320 g/mol. The van der Waals surface area contributed by atoms with E-state index in [0.29, 0.717) is 0 Å². The molecule has 0 unspecified atom stereocenters. The standard InChI is InChI=1S/C16H35BrN/c1-4-7-10-13-18(16-17,14-11-8-5-2)15-12-9-6-3/h4-16H2,1-3H3/q+1. The average Bonchev–Trinajstić information content (AvgIpc) is 2.39. The zero-order chi connectivity index (χ0) is 13.7. The van der Waals surface area contributed by atoms with Crippen molar-refractivity contribution in [2.45, 2.75) is 78.6 Å². The molecule has 0 aromatic heterocycles. The summed E-state index contributed by atoms with van der Waals surface area (Å²) in [5, 5.41) is 0. The number of nitrogens with zero attached hydrogens (tertiary/aromatic N) is 1. The van der Waals surface area contributed by atoms with Gasteiger partial charge in [0.2, 0.25) is 0 Å². The second-order valence-electron chi connectivity index (χ2n) is 5.75. The van der Waals surface area contributed by atoms with Crippen LogP contribution in [-0.4, -0.2) is 29.6 Å². The van der Waals surface area contributed by atoms with Gasteiger partial charge in [0.1, 0.15) is 5.45 Å². The van der Waals surface area contributed by atoms with Crippen LogP contribution in [0.3, 0.4) is 0 Å². The molecule has 0 saturated heterocycles. The molecule has 2 heteroatoms. The molecule has 110 valence electrons. The lowest BCUT2D eigenvalue weighted by atomic mass is 10.1. The molecule has 0 aromatic rings. The zero-order valence-corrected chi connectivity index (χ0v) is 14.6. The van der Waals surface area contributed by atoms with Crippen LogP contribution in [-0.2, 0) is 0 Å². The van der Waals surface area contributed by atoms with Gasteiger partial charge in [-0.3, -0.25) is 0 Å². The molecule has 0 amide bonds. The van der Waals surface area contributed by atoms with Crippen LogP contribution in [0.2, 0.25) is 0 Å². The first kappa shape index (κ1) is 18.4. The molecule has 0 aromatic carbocycles. The van der Waals surface area contributed by atoms with Crippen molar-refractivity contribution in [3.63, 3.8) is 0 Å². The number of halogens is 1. The second kappa shape index (κ2) is 12.5. The molecule has 0 radical (unpaired) electrons. The van der Waals surface area contributed by atoms with Crippen LogP contribution in [0, 0.1) is 0 Å². The van der Waals surface area contributed by atoms with Crippen LogP contribution in [0.1, 0.15) is 78.6 Å². The Hall–Kier alpha value is 0.440. The summed E-state index contributed by atoms with van der Waals surface area (Å²) >= 11 is 3.80. The van der Waals surface area contributed by atoms with E-state index in [-0.39, 0.29) is 0 Å². The van der Waals surface area contributed by atoms with E-state index >= 15 is 0 Å². The molecule has 1 nitrogen and oxygen atoms in total. The lowest BCUT2D eigenvalue weighted by Crippen LogP contribution is -2.49. The van der Waals surface area contributed by atoms with Gasteiger partial charge in [-0.1, -0.05) is 40.0 Å². The molecular formula is C16H35BrN+. The van der Waals surface area contributed by atoms with Crippen LogP contribution >= 0.6 is 15.9 Å². The zero-order valence-electron chi connectivity index (χ0n) is 13.0. The minimum atomic E-state index is 1.16. The fraction of sp³-hybridized carbons (Fsp3) is 1.00. The maximum Gasteiger partial charge on any atom is 0.134 e. The first-order valence-corrected chi connectivity index (χ1v) is 9.27. The Morgan fingerprint density at radius 3 is 1.17 bits per heavy atom. The summed E-state index contributed by atoms with van der Waals surface area (Å²) in [6, 6.07) is 0. The Kier molecular flexibility index (Phi) is 12.8. The fourth-order valence-electron chi connectivity index (χ4n) is 2.61. The third kappa shape index (κ3) is 8.53. The smallest absolute Gasteiger partial charge is 0.134 e. The molecule has 0 N–H and O–H groups in total. The molecule has 0 aliphatic carbocycles. The van der Waals surface area contributed by atoms with Crippen LogP contribution in [0.4, 0.5) is 0 Å². The van der Waals surface area contributed by atoms with E-state index in [2.05, 4.69) is 36.7 Å². The Bertz CT molecular complexity index is 144. The van der Waals surface area contributed by atoms with E-state index in [1.165, 1.54) is 81.9 Å². The van der Waals surface area contributed by atoms with E-state index in [1.807, 2.05) is 0 Å². The summed E-state index contributed by atoms with van der Waals surface area (Å²) < 4.78 is 1.32. The van der Waals surface area contributed by atoms with Gasteiger partial charge in [0, 0.05) is 0 Å². The van der Waals surface area contributed by atoms with Gasteiger partial charge >= 0.3 is 0 Å². The summed E-state index contributed by atoms with van der Waals surface area (Å²) in [6.07, 6.45) is 12.4. The third-order valence-corrected chi connectivity index (χ3v) is 5.03. The molecule has 0 saturated carbocycles. The van der Waals surface area contributed by atoms with E-state index in [0.717, 1.165) is 5.45 Å². The molecule has 0 spiro atoms. The van der Waals surface area contributed by atoms with Gasteiger partial charge in [-0.05, 0) is 54.5 Å². The van der Waals surface area contributed by atoms with E-state index in [4.69, 9.17) is 0 Å². The molecule has 0 fully saturated rings. The maximum atomic E-state index is 3.80. The van der Waals surface area contributed by atoms with Crippen molar-refractivity contribution in [2.75, 3.05) is 25.1 Å². The Morgan fingerprint density at radius 1 is 0.611 bits per heavy atom. The van der Waals surface area contributed by atoms with E-state index in [9.17, 15) is 0 Å². The largest absolute Gasteiger partial charge is 0.315 e. The van der Waals surface area contributed by atoms with E-state index < -0.39 is 0 Å². The Balaban J connectivity index is 4.20. The average molecular weight is 321 g/mol. The quantitative estimate of drug-likeness (QED) is 0.176. The number of rotatable bonds is 13. The second-order valence-corrected chi connectivity index (χ2v) is 6.25. The number of hydrogen-bond acceptors (Lipinski definition) is 0. The Morgan fingerprint density at radius 2 is 0.944 bits per heavy atom. The molecule has 0 aliphatic rings. The van der Waals surface area contributed by atoms with Crippen LogP contribution in [0.5, 0.6) is 0 Å². The summed E-state index contributed by atoms with van der Waals surface area (Å²) in [5.74, 6) is 0. The number of quaternary nitrogens is 1. The predicted molar refractivity (Wildman–Crippen MR) is 87.2 cm³/mol. The van der Waals surface area contributed by atoms with Crippen molar-refractivity contribution < 1.29 is 4.48 Å². The van der Waals surface area contributed by atoms with Crippen LogP contribution in [0.15, 0.2) is 0 Å². The van der Waals surface area contributed by atoms with Gasteiger partial charge in [-0.2, -0.15) is 0 Å². The molecule has 0 aliphatic heterocycles. The first-order chi connectivity index (χ1) is 8.74. The summed E-state index contributed by atoms with van der Waals surface area (Å²) in [5.41, 5.74) is 1.16. The summed E-state index contributed by atoms with van der Waals surface area (Å²) in [7, 11) is 0. The van der Waals surface area contributed by atoms with Gasteiger partial charge in [-0.15, -0.1) is 0 Å². The van der Waals surface area contributed by atoms with Crippen molar-refractivity contribution in [2.24, 2.45) is 0 Å². The van der Waals surface area contributed by atoms with Gasteiger partial charge in [0.05, 0.1) is 19.6 Å². The summed E-state index contributed by atoms with van der Waals surface area (Å²) in [4.78, 5) is 0. The minimum absolute atomic E-state index is 1.16. The van der Waals surface area contributed by atoms with E-state index in [1.54, 1.807) is 0 Å². The van der Waals surface area contributed by atoms with Crippen LogP contribution in [0.25, 0.3) is 0 Å². The first-order valence-electron chi connectivity index (χ1n) is 8.15. The number of hydrogen-bond donors (Lipinski definition) is 0.